The molecule has 0 amide bonds. The average Bonchev–Trinajstić information content (AvgIpc) is 2.60. The first-order valence-electron chi connectivity index (χ1n) is 9.00. The number of nitrogens with zero attached hydrogens (tertiary/aromatic N) is 3. The van der Waals surface area contributed by atoms with Crippen LogP contribution in [0.5, 0.6) is 0 Å². The summed E-state index contributed by atoms with van der Waals surface area (Å²) in [5, 5.41) is 3.15. The van der Waals surface area contributed by atoms with Crippen LogP contribution in [0, 0.1) is 0 Å². The molecule has 0 aliphatic carbocycles. The predicted molar refractivity (Wildman–Crippen MR) is 112 cm³/mol. The molecule has 2 heterocycles. The molecule has 1 aromatic rings. The average molecular weight is 445 g/mol. The number of pyridine rings is 1. The second-order valence-electron chi connectivity index (χ2n) is 6.23. The van der Waals surface area contributed by atoms with Gasteiger partial charge in [0.25, 0.3) is 0 Å². The third kappa shape index (κ3) is 9.42. The van der Waals surface area contributed by atoms with Crippen LogP contribution in [0.1, 0.15) is 44.2 Å². The molecule has 1 aliphatic rings. The Morgan fingerprint density at radius 3 is 2.75 bits per heavy atom. The van der Waals surface area contributed by atoms with E-state index >= 15 is 0 Å². The van der Waals surface area contributed by atoms with Gasteiger partial charge in [-0.15, -0.1) is 24.0 Å². The molecule has 0 saturated carbocycles. The van der Waals surface area contributed by atoms with E-state index in [9.17, 15) is 0 Å². The molecule has 0 unspecified atom stereocenters. The van der Waals surface area contributed by atoms with Gasteiger partial charge in [0.05, 0.1) is 0 Å². The van der Waals surface area contributed by atoms with E-state index in [-0.39, 0.29) is 24.0 Å². The molecule has 1 fully saturated rings. The number of nitrogens with one attached hydrogen (secondary N) is 1. The Hall–Kier alpha value is -0.890. The van der Waals surface area contributed by atoms with Gasteiger partial charge in [0.1, 0.15) is 0 Å². The van der Waals surface area contributed by atoms with Crippen molar-refractivity contribution in [3.8, 4) is 0 Å². The number of nitrogens with two attached hydrogens (primary N) is 1. The summed E-state index contributed by atoms with van der Waals surface area (Å²) in [6.45, 7) is 5.45. The van der Waals surface area contributed by atoms with Crippen molar-refractivity contribution in [3.05, 3.63) is 30.1 Å². The summed E-state index contributed by atoms with van der Waals surface area (Å²) < 4.78 is 0. The molecule has 1 saturated heterocycles. The highest BCUT2D eigenvalue weighted by molar-refractivity contribution is 14.0. The Bertz CT molecular complexity index is 446. The fourth-order valence-corrected chi connectivity index (χ4v) is 2.93. The molecule has 2 rings (SSSR count). The van der Waals surface area contributed by atoms with Crippen molar-refractivity contribution in [2.45, 2.75) is 44.9 Å². The second kappa shape index (κ2) is 13.4. The van der Waals surface area contributed by atoms with E-state index in [2.05, 4.69) is 20.2 Å². The van der Waals surface area contributed by atoms with E-state index in [4.69, 9.17) is 5.73 Å². The monoisotopic (exact) mass is 445 g/mol. The fraction of sp³-hybridized carbons (Fsp3) is 0.667. The zero-order valence-corrected chi connectivity index (χ0v) is 17.0. The second-order valence-corrected chi connectivity index (χ2v) is 6.23. The smallest absolute Gasteiger partial charge is 0.188 e. The number of rotatable bonds is 9. The van der Waals surface area contributed by atoms with Gasteiger partial charge in [0.2, 0.25) is 0 Å². The first-order valence-corrected chi connectivity index (χ1v) is 9.00. The van der Waals surface area contributed by atoms with Crippen molar-refractivity contribution >= 4 is 29.9 Å². The van der Waals surface area contributed by atoms with Crippen molar-refractivity contribution in [1.29, 1.82) is 0 Å². The van der Waals surface area contributed by atoms with Crippen LogP contribution in [0.15, 0.2) is 29.4 Å². The van der Waals surface area contributed by atoms with Crippen molar-refractivity contribution in [2.24, 2.45) is 10.7 Å². The van der Waals surface area contributed by atoms with Crippen molar-refractivity contribution in [2.75, 3.05) is 32.7 Å². The Balaban J connectivity index is 0.00000288. The SMILES string of the molecule is I.NC(=NCCCCCN1CCCCC1)NCCc1ccccn1. The number of unbranched alkanes of at least 4 members (excludes halogenated alkanes) is 2. The summed E-state index contributed by atoms with van der Waals surface area (Å²) >= 11 is 0. The van der Waals surface area contributed by atoms with Crippen LogP contribution >= 0.6 is 24.0 Å². The molecule has 6 heteroatoms. The maximum atomic E-state index is 5.88. The maximum Gasteiger partial charge on any atom is 0.188 e. The zero-order valence-electron chi connectivity index (χ0n) is 14.6. The van der Waals surface area contributed by atoms with Crippen LogP contribution in [0.2, 0.25) is 0 Å². The van der Waals surface area contributed by atoms with E-state index in [1.165, 1.54) is 51.7 Å². The molecule has 0 atom stereocenters. The molecule has 24 heavy (non-hydrogen) atoms. The predicted octanol–water partition coefficient (Wildman–Crippen LogP) is 2.80. The summed E-state index contributed by atoms with van der Waals surface area (Å²) in [7, 11) is 0. The van der Waals surface area contributed by atoms with E-state index in [0.717, 1.165) is 31.6 Å². The maximum absolute atomic E-state index is 5.88. The quantitative estimate of drug-likeness (QED) is 0.266. The molecule has 0 bridgehead atoms. The number of aliphatic imine (C=N–C) groups is 1. The summed E-state index contributed by atoms with van der Waals surface area (Å²) in [6, 6.07) is 5.96. The minimum absolute atomic E-state index is 0. The summed E-state index contributed by atoms with van der Waals surface area (Å²) in [4.78, 5) is 11.3. The lowest BCUT2D eigenvalue weighted by molar-refractivity contribution is 0.224. The molecule has 136 valence electrons. The Morgan fingerprint density at radius 2 is 2.00 bits per heavy atom. The van der Waals surface area contributed by atoms with E-state index in [0.29, 0.717) is 5.96 Å². The highest BCUT2D eigenvalue weighted by Gasteiger charge is 2.08. The lowest BCUT2D eigenvalue weighted by atomic mass is 10.1. The van der Waals surface area contributed by atoms with Crippen LogP contribution in [-0.4, -0.2) is 48.6 Å². The van der Waals surface area contributed by atoms with Crippen LogP contribution < -0.4 is 11.1 Å². The van der Waals surface area contributed by atoms with Gasteiger partial charge in [0, 0.05) is 31.4 Å². The minimum Gasteiger partial charge on any atom is -0.370 e. The standard InChI is InChI=1S/C18H31N5.HI/c19-18(22-13-10-17-9-3-5-11-20-17)21-12-4-1-6-14-23-15-7-2-8-16-23;/h3,5,9,11H,1-2,4,6-8,10,12-16H2,(H3,19,21,22);1H. The first-order chi connectivity index (χ1) is 11.3. The van der Waals surface area contributed by atoms with Crippen LogP contribution in [0.3, 0.4) is 0 Å². The molecule has 0 spiro atoms. The minimum atomic E-state index is 0. The number of hydrogen-bond acceptors (Lipinski definition) is 3. The molecule has 1 aromatic heterocycles. The number of guanidine groups is 1. The fourth-order valence-electron chi connectivity index (χ4n) is 2.93. The molecule has 3 N–H and O–H groups in total. The van der Waals surface area contributed by atoms with Gasteiger partial charge >= 0.3 is 0 Å². The van der Waals surface area contributed by atoms with Crippen LogP contribution in [0.4, 0.5) is 0 Å². The van der Waals surface area contributed by atoms with Crippen molar-refractivity contribution in [1.82, 2.24) is 15.2 Å². The normalized spacial score (nSPS) is 15.8. The molecular formula is C18H32IN5. The van der Waals surface area contributed by atoms with Crippen LogP contribution in [-0.2, 0) is 6.42 Å². The van der Waals surface area contributed by atoms with E-state index < -0.39 is 0 Å². The Morgan fingerprint density at radius 1 is 1.17 bits per heavy atom. The molecule has 1 aliphatic heterocycles. The van der Waals surface area contributed by atoms with Gasteiger partial charge in [-0.3, -0.25) is 9.98 Å². The number of piperidine rings is 1. The van der Waals surface area contributed by atoms with Gasteiger partial charge in [-0.2, -0.15) is 0 Å². The highest BCUT2D eigenvalue weighted by atomic mass is 127. The third-order valence-electron chi connectivity index (χ3n) is 4.28. The molecule has 0 aromatic carbocycles. The summed E-state index contributed by atoms with van der Waals surface area (Å²) in [5.74, 6) is 0.553. The largest absolute Gasteiger partial charge is 0.370 e. The Labute approximate surface area is 163 Å². The lowest BCUT2D eigenvalue weighted by Gasteiger charge is -2.26. The number of likely N-dealkylation sites (tertiary alicyclic amines) is 1. The van der Waals surface area contributed by atoms with Gasteiger partial charge in [-0.1, -0.05) is 18.9 Å². The van der Waals surface area contributed by atoms with Gasteiger partial charge in [0.15, 0.2) is 5.96 Å². The molecular weight excluding hydrogens is 413 g/mol. The topological polar surface area (TPSA) is 66.5 Å². The van der Waals surface area contributed by atoms with E-state index in [1.54, 1.807) is 0 Å². The van der Waals surface area contributed by atoms with Gasteiger partial charge in [-0.25, -0.2) is 0 Å². The first kappa shape index (κ1) is 21.2. The van der Waals surface area contributed by atoms with Crippen LogP contribution in [0.25, 0.3) is 0 Å². The number of aromatic nitrogens is 1. The van der Waals surface area contributed by atoms with E-state index in [1.807, 2.05) is 24.4 Å². The van der Waals surface area contributed by atoms with Crippen molar-refractivity contribution < 1.29 is 0 Å². The van der Waals surface area contributed by atoms with Crippen molar-refractivity contribution in [3.63, 3.8) is 0 Å². The highest BCUT2D eigenvalue weighted by Crippen LogP contribution is 2.09. The number of halogens is 1. The van der Waals surface area contributed by atoms with Gasteiger partial charge in [-0.05, 0) is 57.5 Å². The summed E-state index contributed by atoms with van der Waals surface area (Å²) in [5.41, 5.74) is 6.95. The number of hydrogen-bond donors (Lipinski definition) is 2. The third-order valence-corrected chi connectivity index (χ3v) is 4.28. The Kier molecular flexibility index (Phi) is 11.8. The summed E-state index contributed by atoms with van der Waals surface area (Å²) in [6.07, 6.45) is 10.5. The zero-order chi connectivity index (χ0) is 16.2. The molecule has 5 nitrogen and oxygen atoms in total. The lowest BCUT2D eigenvalue weighted by Crippen LogP contribution is -2.33. The van der Waals surface area contributed by atoms with Gasteiger partial charge < -0.3 is 16.0 Å². The molecule has 0 radical (unpaired) electrons.